The lowest BCUT2D eigenvalue weighted by atomic mass is 10.1. The average molecular weight is 311 g/mol. The van der Waals surface area contributed by atoms with Crippen molar-refractivity contribution in [1.29, 1.82) is 0 Å². The zero-order chi connectivity index (χ0) is 16.7. The summed E-state index contributed by atoms with van der Waals surface area (Å²) < 4.78 is 6.00. The Morgan fingerprint density at radius 1 is 0.957 bits per heavy atom. The van der Waals surface area contributed by atoms with Gasteiger partial charge in [0.2, 0.25) is 0 Å². The predicted molar refractivity (Wildman–Crippen MR) is 97.8 cm³/mol. The standard InChI is InChI=1S/C21H29NO/c1-16(2)13-14-23-21-12-8-7-11-20(21)18(4)22-15-19-10-6-5-9-17(19)3/h5-12,16,18,22H,13-15H2,1-4H3. The number of benzene rings is 2. The molecule has 124 valence electrons. The Hall–Kier alpha value is -1.80. The fourth-order valence-electron chi connectivity index (χ4n) is 2.56. The van der Waals surface area contributed by atoms with Crippen LogP contribution in [0.2, 0.25) is 0 Å². The second kappa shape index (κ2) is 8.73. The smallest absolute Gasteiger partial charge is 0.124 e. The van der Waals surface area contributed by atoms with E-state index in [-0.39, 0.29) is 6.04 Å². The maximum atomic E-state index is 6.00. The lowest BCUT2D eigenvalue weighted by Gasteiger charge is -2.19. The minimum absolute atomic E-state index is 0.254. The molecule has 0 heterocycles. The van der Waals surface area contributed by atoms with Gasteiger partial charge in [-0.05, 0) is 43.4 Å². The Bertz CT molecular complexity index is 606. The average Bonchev–Trinajstić information content (AvgIpc) is 2.54. The first-order valence-electron chi connectivity index (χ1n) is 8.57. The Kier molecular flexibility index (Phi) is 6.66. The van der Waals surface area contributed by atoms with Crippen molar-refractivity contribution in [2.75, 3.05) is 6.61 Å². The number of aryl methyl sites for hydroxylation is 1. The van der Waals surface area contributed by atoms with Gasteiger partial charge in [0, 0.05) is 18.2 Å². The van der Waals surface area contributed by atoms with Gasteiger partial charge in [-0.1, -0.05) is 56.3 Å². The van der Waals surface area contributed by atoms with Crippen LogP contribution < -0.4 is 10.1 Å². The van der Waals surface area contributed by atoms with Gasteiger partial charge in [-0.25, -0.2) is 0 Å². The molecule has 0 saturated heterocycles. The molecule has 2 aromatic rings. The Balaban J connectivity index is 1.98. The van der Waals surface area contributed by atoms with Crippen LogP contribution in [-0.4, -0.2) is 6.61 Å². The van der Waals surface area contributed by atoms with Crippen molar-refractivity contribution in [2.24, 2.45) is 5.92 Å². The largest absolute Gasteiger partial charge is 0.493 e. The molecule has 1 N–H and O–H groups in total. The summed E-state index contributed by atoms with van der Waals surface area (Å²) in [6, 6.07) is 17.1. The van der Waals surface area contributed by atoms with E-state index in [1.54, 1.807) is 0 Å². The summed E-state index contributed by atoms with van der Waals surface area (Å²) in [4.78, 5) is 0. The maximum Gasteiger partial charge on any atom is 0.124 e. The summed E-state index contributed by atoms with van der Waals surface area (Å²) in [6.45, 7) is 10.4. The van der Waals surface area contributed by atoms with E-state index in [0.717, 1.165) is 25.3 Å². The lowest BCUT2D eigenvalue weighted by molar-refractivity contribution is 0.284. The molecule has 0 bridgehead atoms. The third-order valence-corrected chi connectivity index (χ3v) is 4.20. The molecule has 2 aromatic carbocycles. The van der Waals surface area contributed by atoms with Gasteiger partial charge in [-0.3, -0.25) is 0 Å². The van der Waals surface area contributed by atoms with Crippen LogP contribution in [0.25, 0.3) is 0 Å². The molecule has 0 aliphatic rings. The second-order valence-electron chi connectivity index (χ2n) is 6.60. The van der Waals surface area contributed by atoms with Gasteiger partial charge in [0.25, 0.3) is 0 Å². The van der Waals surface area contributed by atoms with Gasteiger partial charge in [-0.15, -0.1) is 0 Å². The third kappa shape index (κ3) is 5.40. The van der Waals surface area contributed by atoms with E-state index in [0.29, 0.717) is 5.92 Å². The molecular weight excluding hydrogens is 282 g/mol. The first kappa shape index (κ1) is 17.6. The topological polar surface area (TPSA) is 21.3 Å². The van der Waals surface area contributed by atoms with Gasteiger partial charge in [0.05, 0.1) is 6.61 Å². The van der Waals surface area contributed by atoms with Crippen molar-refractivity contribution in [3.63, 3.8) is 0 Å². The molecule has 0 fully saturated rings. The number of nitrogens with one attached hydrogen (secondary N) is 1. The van der Waals surface area contributed by atoms with Gasteiger partial charge in [0.15, 0.2) is 0 Å². The van der Waals surface area contributed by atoms with Crippen molar-refractivity contribution in [1.82, 2.24) is 5.32 Å². The zero-order valence-corrected chi connectivity index (χ0v) is 14.8. The third-order valence-electron chi connectivity index (χ3n) is 4.20. The fourth-order valence-corrected chi connectivity index (χ4v) is 2.56. The SMILES string of the molecule is Cc1ccccc1CNC(C)c1ccccc1OCCC(C)C. The summed E-state index contributed by atoms with van der Waals surface area (Å²) in [5, 5.41) is 3.62. The van der Waals surface area contributed by atoms with Gasteiger partial charge < -0.3 is 10.1 Å². The van der Waals surface area contributed by atoms with Crippen LogP contribution >= 0.6 is 0 Å². The quantitative estimate of drug-likeness (QED) is 0.717. The van der Waals surface area contributed by atoms with E-state index in [2.05, 4.69) is 75.5 Å². The van der Waals surface area contributed by atoms with Crippen LogP contribution in [0.5, 0.6) is 5.75 Å². The maximum absolute atomic E-state index is 6.00. The molecule has 0 aromatic heterocycles. The number of para-hydroxylation sites is 1. The molecule has 2 rings (SSSR count). The lowest BCUT2D eigenvalue weighted by Crippen LogP contribution is -2.19. The number of hydrogen-bond acceptors (Lipinski definition) is 2. The van der Waals surface area contributed by atoms with Crippen LogP contribution in [0.3, 0.4) is 0 Å². The van der Waals surface area contributed by atoms with Crippen molar-refractivity contribution in [2.45, 2.75) is 46.7 Å². The molecule has 0 aliphatic carbocycles. The molecule has 1 unspecified atom stereocenters. The molecule has 0 saturated carbocycles. The molecule has 23 heavy (non-hydrogen) atoms. The Morgan fingerprint density at radius 3 is 2.39 bits per heavy atom. The van der Waals surface area contributed by atoms with Crippen molar-refractivity contribution in [3.05, 3.63) is 65.2 Å². The first-order valence-corrected chi connectivity index (χ1v) is 8.57. The molecular formula is C21H29NO. The molecule has 0 radical (unpaired) electrons. The molecule has 0 amide bonds. The van der Waals surface area contributed by atoms with Crippen molar-refractivity contribution < 1.29 is 4.74 Å². The summed E-state index contributed by atoms with van der Waals surface area (Å²) in [6.07, 6.45) is 1.08. The molecule has 2 nitrogen and oxygen atoms in total. The van der Waals surface area contributed by atoms with Crippen molar-refractivity contribution >= 4 is 0 Å². The highest BCUT2D eigenvalue weighted by Gasteiger charge is 2.11. The first-order chi connectivity index (χ1) is 11.1. The minimum Gasteiger partial charge on any atom is -0.493 e. The van der Waals surface area contributed by atoms with E-state index in [4.69, 9.17) is 4.74 Å². The predicted octanol–water partition coefficient (Wildman–Crippen LogP) is 5.27. The summed E-state index contributed by atoms with van der Waals surface area (Å²) in [5.41, 5.74) is 3.90. The van der Waals surface area contributed by atoms with E-state index in [1.165, 1.54) is 16.7 Å². The van der Waals surface area contributed by atoms with E-state index in [1.807, 2.05) is 6.07 Å². The van der Waals surface area contributed by atoms with E-state index in [9.17, 15) is 0 Å². The van der Waals surface area contributed by atoms with Crippen LogP contribution in [-0.2, 0) is 6.54 Å². The van der Waals surface area contributed by atoms with E-state index < -0.39 is 0 Å². The summed E-state index contributed by atoms with van der Waals surface area (Å²) in [7, 11) is 0. The zero-order valence-electron chi connectivity index (χ0n) is 14.8. The molecule has 0 spiro atoms. The molecule has 2 heteroatoms. The van der Waals surface area contributed by atoms with Crippen LogP contribution in [0.1, 0.15) is 49.9 Å². The second-order valence-corrected chi connectivity index (χ2v) is 6.60. The monoisotopic (exact) mass is 311 g/mol. The van der Waals surface area contributed by atoms with Gasteiger partial charge in [0.1, 0.15) is 5.75 Å². The van der Waals surface area contributed by atoms with Crippen LogP contribution in [0.4, 0.5) is 0 Å². The Morgan fingerprint density at radius 2 is 1.65 bits per heavy atom. The minimum atomic E-state index is 0.254. The fraction of sp³-hybridized carbons (Fsp3) is 0.429. The highest BCUT2D eigenvalue weighted by molar-refractivity contribution is 5.36. The van der Waals surface area contributed by atoms with Gasteiger partial charge in [-0.2, -0.15) is 0 Å². The van der Waals surface area contributed by atoms with Crippen LogP contribution in [0, 0.1) is 12.8 Å². The normalized spacial score (nSPS) is 12.4. The van der Waals surface area contributed by atoms with Crippen LogP contribution in [0.15, 0.2) is 48.5 Å². The number of hydrogen-bond donors (Lipinski definition) is 1. The van der Waals surface area contributed by atoms with Crippen molar-refractivity contribution in [3.8, 4) is 5.75 Å². The highest BCUT2D eigenvalue weighted by atomic mass is 16.5. The number of rotatable bonds is 8. The van der Waals surface area contributed by atoms with Gasteiger partial charge >= 0.3 is 0 Å². The molecule has 0 aliphatic heterocycles. The highest BCUT2D eigenvalue weighted by Crippen LogP contribution is 2.25. The Labute approximate surface area is 140 Å². The van der Waals surface area contributed by atoms with E-state index >= 15 is 0 Å². The molecule has 1 atom stereocenters. The summed E-state index contributed by atoms with van der Waals surface area (Å²) >= 11 is 0. The summed E-state index contributed by atoms with van der Waals surface area (Å²) in [5.74, 6) is 1.66. The number of ether oxygens (including phenoxy) is 1.